The highest BCUT2D eigenvalue weighted by Crippen LogP contribution is 2.22. The fraction of sp³-hybridized carbons (Fsp3) is 0.875. The lowest BCUT2D eigenvalue weighted by Crippen LogP contribution is -2.06. The van der Waals surface area contributed by atoms with Gasteiger partial charge >= 0.3 is 6.18 Å². The molecule has 0 aliphatic carbocycles. The van der Waals surface area contributed by atoms with Gasteiger partial charge in [-0.25, -0.2) is 0 Å². The van der Waals surface area contributed by atoms with E-state index in [0.717, 1.165) is 6.42 Å². The normalized spacial score (nSPS) is 12.5. The van der Waals surface area contributed by atoms with Crippen LogP contribution in [0.25, 0.3) is 0 Å². The zero-order valence-electron chi connectivity index (χ0n) is 6.91. The molecule has 0 atom stereocenters. The minimum absolute atomic E-state index is 0.486. The zero-order valence-corrected chi connectivity index (χ0v) is 6.91. The monoisotopic (exact) mass is 167 g/mol. The number of rotatable bonds is 4. The molecule has 67 valence electrons. The Balaban J connectivity index is 3.15. The fourth-order valence-electron chi connectivity index (χ4n) is 0.717. The van der Waals surface area contributed by atoms with Gasteiger partial charge in [0.05, 0.1) is 0 Å². The molecule has 0 saturated heterocycles. The van der Waals surface area contributed by atoms with Gasteiger partial charge in [0.15, 0.2) is 0 Å². The minimum atomic E-state index is -4.02. The Labute approximate surface area is 65.8 Å². The molecule has 3 heteroatoms. The van der Waals surface area contributed by atoms with Gasteiger partial charge in [0.2, 0.25) is 0 Å². The van der Waals surface area contributed by atoms with Crippen LogP contribution in [0.3, 0.4) is 0 Å². The second-order valence-corrected chi connectivity index (χ2v) is 3.08. The highest BCUT2D eigenvalue weighted by atomic mass is 19.4. The first kappa shape index (κ1) is 10.8. The molecule has 11 heavy (non-hydrogen) atoms. The Bertz CT molecular complexity index is 94.0. The molecule has 0 heterocycles. The van der Waals surface area contributed by atoms with Crippen molar-refractivity contribution in [3.05, 3.63) is 6.42 Å². The molecular weight excluding hydrogens is 153 g/mol. The maximum absolute atomic E-state index is 11.5. The van der Waals surface area contributed by atoms with Crippen LogP contribution in [-0.2, 0) is 0 Å². The van der Waals surface area contributed by atoms with Crippen LogP contribution in [0, 0.1) is 12.3 Å². The van der Waals surface area contributed by atoms with Crippen molar-refractivity contribution in [3.63, 3.8) is 0 Å². The van der Waals surface area contributed by atoms with Crippen molar-refractivity contribution in [1.29, 1.82) is 0 Å². The SMILES string of the molecule is CC(C)CC[CH]CC(F)(F)F. The van der Waals surface area contributed by atoms with E-state index < -0.39 is 12.6 Å². The van der Waals surface area contributed by atoms with Crippen LogP contribution in [0.2, 0.25) is 0 Å². The van der Waals surface area contributed by atoms with E-state index in [9.17, 15) is 13.2 Å². The van der Waals surface area contributed by atoms with Gasteiger partial charge in [-0.1, -0.05) is 20.3 Å². The summed E-state index contributed by atoms with van der Waals surface area (Å²) < 4.78 is 34.6. The molecule has 0 nitrogen and oxygen atoms in total. The molecule has 0 saturated carbocycles. The lowest BCUT2D eigenvalue weighted by atomic mass is 10.1. The summed E-state index contributed by atoms with van der Waals surface area (Å²) in [4.78, 5) is 0. The molecule has 0 rings (SSSR count). The molecule has 0 amide bonds. The van der Waals surface area contributed by atoms with E-state index in [-0.39, 0.29) is 0 Å². The van der Waals surface area contributed by atoms with Crippen LogP contribution in [0.15, 0.2) is 0 Å². The van der Waals surface area contributed by atoms with E-state index in [1.807, 2.05) is 13.8 Å². The van der Waals surface area contributed by atoms with Crippen LogP contribution >= 0.6 is 0 Å². The first-order chi connectivity index (χ1) is 4.92. The summed E-state index contributed by atoms with van der Waals surface area (Å²) in [6.45, 7) is 4.00. The van der Waals surface area contributed by atoms with E-state index in [0.29, 0.717) is 12.3 Å². The van der Waals surface area contributed by atoms with Gasteiger partial charge in [0.1, 0.15) is 0 Å². The van der Waals surface area contributed by atoms with Crippen molar-refractivity contribution >= 4 is 0 Å². The van der Waals surface area contributed by atoms with Crippen LogP contribution in [-0.4, -0.2) is 6.18 Å². The third kappa shape index (κ3) is 9.79. The van der Waals surface area contributed by atoms with E-state index in [1.54, 1.807) is 0 Å². The topological polar surface area (TPSA) is 0 Å². The molecule has 0 unspecified atom stereocenters. The highest BCUT2D eigenvalue weighted by Gasteiger charge is 2.25. The molecule has 0 aliphatic rings. The Morgan fingerprint density at radius 1 is 1.27 bits per heavy atom. The molecule has 0 aromatic carbocycles. The van der Waals surface area contributed by atoms with E-state index in [1.165, 1.54) is 6.42 Å². The number of unbranched alkanes of at least 4 members (excludes halogenated alkanes) is 1. The molecule has 0 spiro atoms. The molecule has 0 aliphatic heterocycles. The summed E-state index contributed by atoms with van der Waals surface area (Å²) in [7, 11) is 0. The summed E-state index contributed by atoms with van der Waals surface area (Å²) in [6.07, 6.45) is -2.05. The largest absolute Gasteiger partial charge is 0.389 e. The van der Waals surface area contributed by atoms with E-state index in [4.69, 9.17) is 0 Å². The summed E-state index contributed by atoms with van der Waals surface area (Å²) in [5.74, 6) is 0.486. The predicted molar refractivity (Wildman–Crippen MR) is 39.0 cm³/mol. The fourth-order valence-corrected chi connectivity index (χ4v) is 0.717. The molecule has 0 aromatic rings. The predicted octanol–water partition coefficient (Wildman–Crippen LogP) is 3.58. The summed E-state index contributed by atoms with van der Waals surface area (Å²) in [6, 6.07) is 0. The van der Waals surface area contributed by atoms with Gasteiger partial charge in [-0.3, -0.25) is 0 Å². The van der Waals surface area contributed by atoms with Crippen molar-refractivity contribution in [2.75, 3.05) is 0 Å². The Hall–Kier alpha value is -0.210. The van der Waals surface area contributed by atoms with Crippen LogP contribution < -0.4 is 0 Å². The standard InChI is InChI=1S/C8H14F3/c1-7(2)5-3-4-6-8(9,10)11/h4,7H,3,5-6H2,1-2H3. The maximum atomic E-state index is 11.5. The van der Waals surface area contributed by atoms with Gasteiger partial charge < -0.3 is 0 Å². The maximum Gasteiger partial charge on any atom is 0.389 e. The highest BCUT2D eigenvalue weighted by molar-refractivity contribution is 4.69. The van der Waals surface area contributed by atoms with Crippen molar-refractivity contribution in [2.24, 2.45) is 5.92 Å². The number of halogens is 3. The molecule has 0 fully saturated rings. The second-order valence-electron chi connectivity index (χ2n) is 3.08. The average molecular weight is 167 g/mol. The third-order valence-electron chi connectivity index (χ3n) is 1.32. The van der Waals surface area contributed by atoms with Crippen molar-refractivity contribution < 1.29 is 13.2 Å². The first-order valence-corrected chi connectivity index (χ1v) is 3.80. The number of hydrogen-bond donors (Lipinski definition) is 0. The molecule has 0 N–H and O–H groups in total. The van der Waals surface area contributed by atoms with Gasteiger partial charge in [-0.15, -0.1) is 0 Å². The van der Waals surface area contributed by atoms with Gasteiger partial charge in [-0.2, -0.15) is 13.2 Å². The van der Waals surface area contributed by atoms with Gasteiger partial charge in [-0.05, 0) is 18.8 Å². The zero-order chi connectivity index (χ0) is 8.91. The Morgan fingerprint density at radius 2 is 1.82 bits per heavy atom. The quantitative estimate of drug-likeness (QED) is 0.561. The number of alkyl halides is 3. The Kier molecular flexibility index (Phi) is 4.54. The Morgan fingerprint density at radius 3 is 2.18 bits per heavy atom. The summed E-state index contributed by atoms with van der Waals surface area (Å²) in [5.41, 5.74) is 0. The molecular formula is C8H14F3. The minimum Gasteiger partial charge on any atom is -0.171 e. The van der Waals surface area contributed by atoms with Gasteiger partial charge in [0.25, 0.3) is 0 Å². The van der Waals surface area contributed by atoms with E-state index in [2.05, 4.69) is 0 Å². The second kappa shape index (κ2) is 4.62. The summed E-state index contributed by atoms with van der Waals surface area (Å²) >= 11 is 0. The first-order valence-electron chi connectivity index (χ1n) is 3.80. The van der Waals surface area contributed by atoms with Crippen LogP contribution in [0.1, 0.15) is 33.1 Å². The average Bonchev–Trinajstić information content (AvgIpc) is 1.78. The van der Waals surface area contributed by atoms with Crippen LogP contribution in [0.5, 0.6) is 0 Å². The lowest BCUT2D eigenvalue weighted by molar-refractivity contribution is -0.128. The van der Waals surface area contributed by atoms with Gasteiger partial charge in [0, 0.05) is 6.42 Å². The van der Waals surface area contributed by atoms with Crippen molar-refractivity contribution in [2.45, 2.75) is 39.3 Å². The van der Waals surface area contributed by atoms with Crippen LogP contribution in [0.4, 0.5) is 13.2 Å². The smallest absolute Gasteiger partial charge is 0.171 e. The molecule has 0 aromatic heterocycles. The molecule has 1 radical (unpaired) electrons. The van der Waals surface area contributed by atoms with Crippen molar-refractivity contribution in [3.8, 4) is 0 Å². The summed E-state index contributed by atoms with van der Waals surface area (Å²) in [5, 5.41) is 0. The third-order valence-corrected chi connectivity index (χ3v) is 1.32. The van der Waals surface area contributed by atoms with Crippen molar-refractivity contribution in [1.82, 2.24) is 0 Å². The number of hydrogen-bond acceptors (Lipinski definition) is 0. The molecule has 0 bridgehead atoms. The lowest BCUT2D eigenvalue weighted by Gasteiger charge is -2.06. The van der Waals surface area contributed by atoms with E-state index >= 15 is 0 Å².